The fourth-order valence-corrected chi connectivity index (χ4v) is 1.90. The molecule has 1 fully saturated rings. The van der Waals surface area contributed by atoms with E-state index in [-0.39, 0.29) is 11.9 Å². The smallest absolute Gasteiger partial charge is 0.337 e. The minimum atomic E-state index is -0.414. The summed E-state index contributed by atoms with van der Waals surface area (Å²) in [5.41, 5.74) is 6.84. The molecule has 0 aromatic heterocycles. The molecule has 1 heterocycles. The fraction of sp³-hybridized carbons (Fsp3) is 0.333. The molecule has 1 unspecified atom stereocenters. The Morgan fingerprint density at radius 3 is 2.88 bits per heavy atom. The molecule has 5 nitrogen and oxygen atoms in total. The molecule has 90 valence electrons. The molecule has 1 aromatic carbocycles. The van der Waals surface area contributed by atoms with E-state index in [4.69, 9.17) is 5.73 Å². The normalized spacial score (nSPS) is 19.5. The number of rotatable bonds is 2. The lowest BCUT2D eigenvalue weighted by Crippen LogP contribution is -2.28. The van der Waals surface area contributed by atoms with Gasteiger partial charge in [0.15, 0.2) is 0 Å². The lowest BCUT2D eigenvalue weighted by atomic mass is 10.2. The molecule has 1 aliphatic heterocycles. The van der Waals surface area contributed by atoms with E-state index in [0.717, 1.165) is 0 Å². The van der Waals surface area contributed by atoms with Crippen LogP contribution in [-0.2, 0) is 9.53 Å². The highest BCUT2D eigenvalue weighted by atomic mass is 16.5. The summed E-state index contributed by atoms with van der Waals surface area (Å²) in [6.45, 7) is 0.490. The number of ether oxygens (including phenoxy) is 1. The first kappa shape index (κ1) is 11.6. The van der Waals surface area contributed by atoms with E-state index in [1.54, 1.807) is 29.2 Å². The highest BCUT2D eigenvalue weighted by Gasteiger charge is 2.28. The van der Waals surface area contributed by atoms with Gasteiger partial charge in [0.25, 0.3) is 0 Å². The third kappa shape index (κ3) is 2.29. The number of benzene rings is 1. The van der Waals surface area contributed by atoms with E-state index in [1.807, 2.05) is 0 Å². The van der Waals surface area contributed by atoms with Crippen molar-refractivity contribution in [3.63, 3.8) is 0 Å². The zero-order chi connectivity index (χ0) is 12.4. The molecule has 1 atom stereocenters. The number of hydrogen-bond donors (Lipinski definition) is 1. The topological polar surface area (TPSA) is 72.6 Å². The average molecular weight is 234 g/mol. The van der Waals surface area contributed by atoms with Gasteiger partial charge in [-0.25, -0.2) is 4.79 Å². The second-order valence-electron chi connectivity index (χ2n) is 4.01. The third-order valence-electron chi connectivity index (χ3n) is 2.73. The van der Waals surface area contributed by atoms with Gasteiger partial charge in [-0.1, -0.05) is 6.07 Å². The first-order valence-corrected chi connectivity index (χ1v) is 5.36. The SMILES string of the molecule is COC(=O)c1cccc(N2CC(N)CC2=O)c1. The second kappa shape index (κ2) is 4.55. The van der Waals surface area contributed by atoms with Crippen LogP contribution in [-0.4, -0.2) is 31.6 Å². The number of amides is 1. The van der Waals surface area contributed by atoms with E-state index < -0.39 is 5.97 Å². The van der Waals surface area contributed by atoms with E-state index in [1.165, 1.54) is 7.11 Å². The largest absolute Gasteiger partial charge is 0.465 e. The standard InChI is InChI=1S/C12H14N2O3/c1-17-12(16)8-3-2-4-10(5-8)14-7-9(13)6-11(14)15/h2-5,9H,6-7,13H2,1H3. The summed E-state index contributed by atoms with van der Waals surface area (Å²) in [5, 5.41) is 0. The van der Waals surface area contributed by atoms with Gasteiger partial charge in [-0.05, 0) is 18.2 Å². The lowest BCUT2D eigenvalue weighted by Gasteiger charge is -2.16. The maximum atomic E-state index is 11.7. The summed E-state index contributed by atoms with van der Waals surface area (Å²) < 4.78 is 4.63. The molecule has 1 aliphatic rings. The van der Waals surface area contributed by atoms with Crippen molar-refractivity contribution < 1.29 is 14.3 Å². The van der Waals surface area contributed by atoms with E-state index in [9.17, 15) is 9.59 Å². The highest BCUT2D eigenvalue weighted by Crippen LogP contribution is 2.22. The number of nitrogens with two attached hydrogens (primary N) is 1. The van der Waals surface area contributed by atoms with Crippen LogP contribution in [0.15, 0.2) is 24.3 Å². The minimum absolute atomic E-state index is 0.0143. The Morgan fingerprint density at radius 1 is 1.53 bits per heavy atom. The molecule has 0 bridgehead atoms. The Kier molecular flexibility index (Phi) is 3.10. The monoisotopic (exact) mass is 234 g/mol. The predicted molar refractivity (Wildman–Crippen MR) is 62.7 cm³/mol. The van der Waals surface area contributed by atoms with Crippen molar-refractivity contribution in [1.82, 2.24) is 0 Å². The number of methoxy groups -OCH3 is 1. The van der Waals surface area contributed by atoms with E-state index >= 15 is 0 Å². The van der Waals surface area contributed by atoms with Crippen molar-refractivity contribution >= 4 is 17.6 Å². The van der Waals surface area contributed by atoms with Crippen LogP contribution >= 0.6 is 0 Å². The highest BCUT2D eigenvalue weighted by molar-refractivity contribution is 5.98. The third-order valence-corrected chi connectivity index (χ3v) is 2.73. The number of anilines is 1. The van der Waals surface area contributed by atoms with Crippen LogP contribution in [0.5, 0.6) is 0 Å². The summed E-state index contributed by atoms with van der Waals surface area (Å²) in [6.07, 6.45) is 0.350. The van der Waals surface area contributed by atoms with Crippen molar-refractivity contribution in [1.29, 1.82) is 0 Å². The number of esters is 1. The van der Waals surface area contributed by atoms with Gasteiger partial charge in [0.05, 0.1) is 12.7 Å². The van der Waals surface area contributed by atoms with E-state index in [0.29, 0.717) is 24.2 Å². The van der Waals surface area contributed by atoms with Crippen molar-refractivity contribution in [2.75, 3.05) is 18.6 Å². The van der Waals surface area contributed by atoms with Gasteiger partial charge in [-0.15, -0.1) is 0 Å². The number of carbonyl (C=O) groups excluding carboxylic acids is 2. The first-order chi connectivity index (χ1) is 8.11. The van der Waals surface area contributed by atoms with Gasteiger partial charge in [0, 0.05) is 24.7 Å². The zero-order valence-corrected chi connectivity index (χ0v) is 9.55. The summed E-state index contributed by atoms with van der Waals surface area (Å²) >= 11 is 0. The van der Waals surface area contributed by atoms with Crippen molar-refractivity contribution in [3.05, 3.63) is 29.8 Å². The number of carbonyl (C=O) groups is 2. The van der Waals surface area contributed by atoms with Crippen LogP contribution in [0.4, 0.5) is 5.69 Å². The lowest BCUT2D eigenvalue weighted by molar-refractivity contribution is -0.117. The number of nitrogens with zero attached hydrogens (tertiary/aromatic N) is 1. The summed E-state index contributed by atoms with van der Waals surface area (Å²) in [5.74, 6) is -0.428. The van der Waals surface area contributed by atoms with Crippen LogP contribution in [0.25, 0.3) is 0 Å². The molecule has 0 spiro atoms. The fourth-order valence-electron chi connectivity index (χ4n) is 1.90. The summed E-state index contributed by atoms with van der Waals surface area (Å²) in [7, 11) is 1.33. The predicted octanol–water partition coefficient (Wildman–Crippen LogP) is 0.537. The molecule has 1 amide bonds. The first-order valence-electron chi connectivity index (χ1n) is 5.36. The number of hydrogen-bond acceptors (Lipinski definition) is 4. The van der Waals surface area contributed by atoms with Gasteiger partial charge in [-0.2, -0.15) is 0 Å². The molecule has 1 saturated heterocycles. The Hall–Kier alpha value is -1.88. The molecular weight excluding hydrogens is 220 g/mol. The van der Waals surface area contributed by atoms with Gasteiger partial charge in [0.2, 0.25) is 5.91 Å². The molecule has 1 aromatic rings. The maximum absolute atomic E-state index is 11.7. The summed E-state index contributed by atoms with van der Waals surface area (Å²) in [6, 6.07) is 6.66. The van der Waals surface area contributed by atoms with E-state index in [2.05, 4.69) is 4.74 Å². The quantitative estimate of drug-likeness (QED) is 0.758. The van der Waals surface area contributed by atoms with Crippen LogP contribution in [0.3, 0.4) is 0 Å². The van der Waals surface area contributed by atoms with Gasteiger partial charge in [-0.3, -0.25) is 4.79 Å². The van der Waals surface area contributed by atoms with Gasteiger partial charge < -0.3 is 15.4 Å². The second-order valence-corrected chi connectivity index (χ2v) is 4.01. The molecule has 2 rings (SSSR count). The van der Waals surface area contributed by atoms with Crippen molar-refractivity contribution in [3.8, 4) is 0 Å². The van der Waals surface area contributed by atoms with Crippen LogP contribution in [0.2, 0.25) is 0 Å². The van der Waals surface area contributed by atoms with Gasteiger partial charge in [0.1, 0.15) is 0 Å². The van der Waals surface area contributed by atoms with Crippen LogP contribution in [0, 0.1) is 0 Å². The molecular formula is C12H14N2O3. The Labute approximate surface area is 99.2 Å². The van der Waals surface area contributed by atoms with Crippen LogP contribution in [0.1, 0.15) is 16.8 Å². The Bertz CT molecular complexity index is 459. The molecule has 5 heteroatoms. The Morgan fingerprint density at radius 2 is 2.29 bits per heavy atom. The average Bonchev–Trinajstić information content (AvgIpc) is 2.67. The molecule has 17 heavy (non-hydrogen) atoms. The van der Waals surface area contributed by atoms with Crippen LogP contribution < -0.4 is 10.6 Å². The minimum Gasteiger partial charge on any atom is -0.465 e. The maximum Gasteiger partial charge on any atom is 0.337 e. The zero-order valence-electron chi connectivity index (χ0n) is 9.55. The van der Waals surface area contributed by atoms with Gasteiger partial charge >= 0.3 is 5.97 Å². The molecule has 0 aliphatic carbocycles. The molecule has 0 radical (unpaired) electrons. The summed E-state index contributed by atoms with van der Waals surface area (Å²) in [4.78, 5) is 24.6. The van der Waals surface area contributed by atoms with Crippen molar-refractivity contribution in [2.24, 2.45) is 5.73 Å². The molecule has 0 saturated carbocycles. The Balaban J connectivity index is 2.27. The molecule has 2 N–H and O–H groups in total. The van der Waals surface area contributed by atoms with Crippen molar-refractivity contribution in [2.45, 2.75) is 12.5 Å².